The van der Waals surface area contributed by atoms with Crippen LogP contribution in [0.4, 0.5) is 0 Å². The molecular weight excluding hydrogens is 306 g/mol. The fraction of sp³-hybridized carbons (Fsp3) is 0.278. The van der Waals surface area contributed by atoms with E-state index < -0.39 is 5.91 Å². The number of nitrogens with zero attached hydrogens (tertiary/aromatic N) is 1. The summed E-state index contributed by atoms with van der Waals surface area (Å²) in [7, 11) is 0. The van der Waals surface area contributed by atoms with Gasteiger partial charge >= 0.3 is 0 Å². The van der Waals surface area contributed by atoms with E-state index >= 15 is 0 Å². The first-order chi connectivity index (χ1) is 11.4. The van der Waals surface area contributed by atoms with Crippen LogP contribution in [0.3, 0.4) is 0 Å². The Labute approximate surface area is 140 Å². The van der Waals surface area contributed by atoms with Crippen molar-refractivity contribution in [2.24, 2.45) is 5.10 Å². The summed E-state index contributed by atoms with van der Waals surface area (Å²) in [5, 5.41) is 6.29. The van der Waals surface area contributed by atoms with Crippen LogP contribution in [0.2, 0.25) is 0 Å². The zero-order chi connectivity index (χ0) is 17.6. The molecule has 1 heterocycles. The molecule has 126 valence electrons. The third-order valence-corrected chi connectivity index (χ3v) is 3.35. The van der Waals surface area contributed by atoms with Crippen molar-refractivity contribution in [2.45, 2.75) is 26.2 Å². The van der Waals surface area contributed by atoms with Crippen LogP contribution < -0.4 is 10.7 Å². The van der Waals surface area contributed by atoms with E-state index in [1.165, 1.54) is 12.5 Å². The maximum absolute atomic E-state index is 12.0. The highest BCUT2D eigenvalue weighted by atomic mass is 16.3. The Morgan fingerprint density at radius 1 is 1.17 bits per heavy atom. The van der Waals surface area contributed by atoms with E-state index in [-0.39, 0.29) is 17.9 Å². The first-order valence-electron chi connectivity index (χ1n) is 7.60. The number of hydrazone groups is 1. The maximum atomic E-state index is 12.0. The number of hydrogen-bond acceptors (Lipinski definition) is 4. The molecule has 0 bridgehead atoms. The molecule has 0 saturated heterocycles. The first-order valence-corrected chi connectivity index (χ1v) is 7.60. The molecule has 0 aliphatic heterocycles. The number of amides is 2. The summed E-state index contributed by atoms with van der Waals surface area (Å²) in [5.41, 5.74) is 3.99. The lowest BCUT2D eigenvalue weighted by molar-refractivity contribution is -0.120. The van der Waals surface area contributed by atoms with E-state index in [1.54, 1.807) is 24.3 Å². The van der Waals surface area contributed by atoms with Crippen molar-refractivity contribution >= 4 is 18.0 Å². The molecule has 0 atom stereocenters. The SMILES string of the molecule is CC(C)(C)c1ccc(C(=O)NCC(=O)NN=Cc2ccco2)cc1. The Morgan fingerprint density at radius 2 is 1.88 bits per heavy atom. The minimum absolute atomic E-state index is 0.0287. The molecule has 0 aliphatic carbocycles. The molecule has 2 N–H and O–H groups in total. The van der Waals surface area contributed by atoms with Gasteiger partial charge in [-0.25, -0.2) is 5.43 Å². The summed E-state index contributed by atoms with van der Waals surface area (Å²) in [6.07, 6.45) is 2.89. The van der Waals surface area contributed by atoms with Gasteiger partial charge in [-0.15, -0.1) is 0 Å². The normalized spacial score (nSPS) is 11.5. The van der Waals surface area contributed by atoms with Crippen molar-refractivity contribution in [3.05, 3.63) is 59.5 Å². The quantitative estimate of drug-likeness (QED) is 0.653. The summed E-state index contributed by atoms with van der Waals surface area (Å²) in [6, 6.07) is 10.8. The van der Waals surface area contributed by atoms with Gasteiger partial charge in [0.05, 0.1) is 19.0 Å². The van der Waals surface area contributed by atoms with E-state index in [0.29, 0.717) is 11.3 Å². The fourth-order valence-corrected chi connectivity index (χ4v) is 1.96. The smallest absolute Gasteiger partial charge is 0.259 e. The second-order valence-corrected chi connectivity index (χ2v) is 6.32. The molecule has 1 aromatic heterocycles. The van der Waals surface area contributed by atoms with Gasteiger partial charge in [-0.05, 0) is 35.2 Å². The lowest BCUT2D eigenvalue weighted by Gasteiger charge is -2.19. The molecular formula is C18H21N3O3. The molecule has 2 rings (SSSR count). The van der Waals surface area contributed by atoms with Gasteiger partial charge in [-0.2, -0.15) is 5.10 Å². The van der Waals surface area contributed by atoms with Gasteiger partial charge in [-0.1, -0.05) is 32.9 Å². The van der Waals surface area contributed by atoms with Crippen LogP contribution in [0.1, 0.15) is 42.5 Å². The third kappa shape index (κ3) is 5.08. The first kappa shape index (κ1) is 17.5. The lowest BCUT2D eigenvalue weighted by Crippen LogP contribution is -2.34. The largest absolute Gasteiger partial charge is 0.463 e. The van der Waals surface area contributed by atoms with Crippen molar-refractivity contribution < 1.29 is 14.0 Å². The van der Waals surface area contributed by atoms with Crippen LogP contribution in [-0.2, 0) is 10.2 Å². The van der Waals surface area contributed by atoms with Gasteiger partial charge in [0.2, 0.25) is 0 Å². The molecule has 0 radical (unpaired) electrons. The third-order valence-electron chi connectivity index (χ3n) is 3.35. The molecule has 2 amide bonds. The van der Waals surface area contributed by atoms with Crippen molar-refractivity contribution in [1.29, 1.82) is 0 Å². The molecule has 0 fully saturated rings. The van der Waals surface area contributed by atoms with Gasteiger partial charge in [0, 0.05) is 5.56 Å². The lowest BCUT2D eigenvalue weighted by atomic mass is 9.87. The number of rotatable bonds is 5. The summed E-state index contributed by atoms with van der Waals surface area (Å²) in [6.45, 7) is 6.16. The van der Waals surface area contributed by atoms with Crippen molar-refractivity contribution in [3.63, 3.8) is 0 Å². The van der Waals surface area contributed by atoms with Crippen LogP contribution >= 0.6 is 0 Å². The summed E-state index contributed by atoms with van der Waals surface area (Å²) >= 11 is 0. The van der Waals surface area contributed by atoms with Crippen molar-refractivity contribution in [1.82, 2.24) is 10.7 Å². The van der Waals surface area contributed by atoms with Gasteiger partial charge in [0.25, 0.3) is 11.8 Å². The monoisotopic (exact) mass is 327 g/mol. The molecule has 0 spiro atoms. The van der Waals surface area contributed by atoms with Crippen molar-refractivity contribution in [2.75, 3.05) is 6.54 Å². The van der Waals surface area contributed by atoms with Gasteiger partial charge in [0.1, 0.15) is 5.76 Å². The Bertz CT molecular complexity index is 711. The van der Waals surface area contributed by atoms with Crippen molar-refractivity contribution in [3.8, 4) is 0 Å². The Balaban J connectivity index is 1.81. The zero-order valence-electron chi connectivity index (χ0n) is 14.0. The number of carbonyl (C=O) groups excluding carboxylic acids is 2. The van der Waals surface area contributed by atoms with Crippen LogP contribution in [-0.4, -0.2) is 24.6 Å². The summed E-state index contributed by atoms with van der Waals surface area (Å²) < 4.78 is 5.03. The van der Waals surface area contributed by atoms with E-state index in [0.717, 1.165) is 5.56 Å². The fourth-order valence-electron chi connectivity index (χ4n) is 1.96. The number of benzene rings is 1. The van der Waals surface area contributed by atoms with Gasteiger partial charge in [0.15, 0.2) is 0 Å². The maximum Gasteiger partial charge on any atom is 0.259 e. The Hall–Kier alpha value is -2.89. The molecule has 0 saturated carbocycles. The molecule has 6 heteroatoms. The van der Waals surface area contributed by atoms with E-state index in [2.05, 4.69) is 36.6 Å². The number of nitrogens with one attached hydrogen (secondary N) is 2. The average molecular weight is 327 g/mol. The van der Waals surface area contributed by atoms with Crippen LogP contribution in [0.5, 0.6) is 0 Å². The molecule has 0 aliphatic rings. The van der Waals surface area contributed by atoms with E-state index in [4.69, 9.17) is 4.42 Å². The number of furan rings is 1. The minimum atomic E-state index is -0.419. The predicted octanol–water partition coefficient (Wildman–Crippen LogP) is 2.46. The number of carbonyl (C=O) groups is 2. The second-order valence-electron chi connectivity index (χ2n) is 6.32. The van der Waals surface area contributed by atoms with E-state index in [1.807, 2.05) is 12.1 Å². The highest BCUT2D eigenvalue weighted by Gasteiger charge is 2.14. The molecule has 2 aromatic rings. The molecule has 0 unspecified atom stereocenters. The minimum Gasteiger partial charge on any atom is -0.463 e. The van der Waals surface area contributed by atoms with E-state index in [9.17, 15) is 9.59 Å². The predicted molar refractivity (Wildman–Crippen MR) is 91.9 cm³/mol. The number of hydrogen-bond donors (Lipinski definition) is 2. The summed E-state index contributed by atoms with van der Waals surface area (Å²) in [4.78, 5) is 23.6. The van der Waals surface area contributed by atoms with Crippen LogP contribution in [0.15, 0.2) is 52.2 Å². The topological polar surface area (TPSA) is 83.7 Å². The average Bonchev–Trinajstić information content (AvgIpc) is 3.05. The molecule has 6 nitrogen and oxygen atoms in total. The van der Waals surface area contributed by atoms with Crippen LogP contribution in [0, 0.1) is 0 Å². The Kier molecular flexibility index (Phi) is 5.52. The van der Waals surface area contributed by atoms with Gasteiger partial charge < -0.3 is 9.73 Å². The highest BCUT2D eigenvalue weighted by molar-refractivity contribution is 5.96. The highest BCUT2D eigenvalue weighted by Crippen LogP contribution is 2.22. The van der Waals surface area contributed by atoms with Crippen LogP contribution in [0.25, 0.3) is 0 Å². The standard InChI is InChI=1S/C18H21N3O3/c1-18(2,3)14-8-6-13(7-9-14)17(23)19-12-16(22)21-20-11-15-5-4-10-24-15/h4-11H,12H2,1-3H3,(H,19,23)(H,21,22). The zero-order valence-corrected chi connectivity index (χ0v) is 14.0. The van der Waals surface area contributed by atoms with Gasteiger partial charge in [-0.3, -0.25) is 9.59 Å². The Morgan fingerprint density at radius 3 is 2.46 bits per heavy atom. The summed E-state index contributed by atoms with van der Waals surface area (Å²) in [5.74, 6) is -0.198. The second kappa shape index (κ2) is 7.59. The molecule has 24 heavy (non-hydrogen) atoms. The molecule has 1 aromatic carbocycles.